The zero-order valence-electron chi connectivity index (χ0n) is 14.6. The second-order valence-electron chi connectivity index (χ2n) is 8.41. The number of aromatic nitrogens is 1. The van der Waals surface area contributed by atoms with Crippen LogP contribution in [0.1, 0.15) is 47.1 Å². The van der Waals surface area contributed by atoms with Crippen LogP contribution >= 0.6 is 0 Å². The average Bonchev–Trinajstić information content (AvgIpc) is 2.37. The second-order valence-corrected chi connectivity index (χ2v) is 8.41. The molecule has 1 aromatic heterocycles. The van der Waals surface area contributed by atoms with Gasteiger partial charge in [0.05, 0.1) is 0 Å². The van der Waals surface area contributed by atoms with Gasteiger partial charge < -0.3 is 4.90 Å². The molecule has 1 saturated heterocycles. The molecule has 0 radical (unpaired) electrons. The molecule has 1 aliphatic heterocycles. The molecule has 0 saturated carbocycles. The van der Waals surface area contributed by atoms with E-state index in [1.54, 1.807) is 0 Å². The van der Waals surface area contributed by atoms with Gasteiger partial charge >= 0.3 is 0 Å². The van der Waals surface area contributed by atoms with Crippen molar-refractivity contribution < 1.29 is 0 Å². The van der Waals surface area contributed by atoms with E-state index in [1.807, 2.05) is 0 Å². The first kappa shape index (κ1) is 16.3. The molecular formula is C18H31N3. The van der Waals surface area contributed by atoms with Crippen molar-refractivity contribution in [3.8, 4) is 0 Å². The number of hydrogen-bond donors (Lipinski definition) is 0. The first-order valence-corrected chi connectivity index (χ1v) is 8.10. The summed E-state index contributed by atoms with van der Waals surface area (Å²) in [6.07, 6.45) is 3.13. The highest BCUT2D eigenvalue weighted by Crippen LogP contribution is 2.23. The summed E-state index contributed by atoms with van der Waals surface area (Å²) in [7, 11) is 0. The number of pyridine rings is 1. The Balaban J connectivity index is 1.95. The minimum atomic E-state index is 0.274. The van der Waals surface area contributed by atoms with E-state index in [9.17, 15) is 0 Å². The number of piperazine rings is 1. The summed E-state index contributed by atoms with van der Waals surface area (Å²) in [6.45, 7) is 18.1. The van der Waals surface area contributed by atoms with Crippen molar-refractivity contribution in [3.63, 3.8) is 0 Å². The van der Waals surface area contributed by atoms with Gasteiger partial charge in [0.15, 0.2) is 0 Å². The van der Waals surface area contributed by atoms with E-state index in [0.717, 1.165) is 38.4 Å². The lowest BCUT2D eigenvalue weighted by Gasteiger charge is -2.42. The predicted octanol–water partition coefficient (Wildman–Crippen LogP) is 3.59. The van der Waals surface area contributed by atoms with Crippen LogP contribution in [-0.4, -0.2) is 41.6 Å². The molecule has 0 bridgehead atoms. The maximum atomic E-state index is 4.68. The molecular weight excluding hydrogens is 258 g/mol. The van der Waals surface area contributed by atoms with E-state index in [0.29, 0.717) is 5.41 Å². The lowest BCUT2D eigenvalue weighted by molar-refractivity contribution is 0.128. The molecule has 2 rings (SSSR count). The van der Waals surface area contributed by atoms with Gasteiger partial charge in [0, 0.05) is 37.9 Å². The Morgan fingerprint density at radius 1 is 0.952 bits per heavy atom. The first-order valence-electron chi connectivity index (χ1n) is 8.10. The molecule has 1 aliphatic rings. The van der Waals surface area contributed by atoms with Gasteiger partial charge in [0.2, 0.25) is 0 Å². The highest BCUT2D eigenvalue weighted by Gasteiger charge is 2.26. The molecule has 3 heteroatoms. The number of hydrogen-bond acceptors (Lipinski definition) is 3. The van der Waals surface area contributed by atoms with Gasteiger partial charge in [-0.2, -0.15) is 0 Å². The number of nitrogens with zero attached hydrogens (tertiary/aromatic N) is 3. The summed E-state index contributed by atoms with van der Waals surface area (Å²) in [6, 6.07) is 4.43. The first-order chi connectivity index (χ1) is 9.65. The molecule has 0 spiro atoms. The zero-order chi connectivity index (χ0) is 15.7. The molecule has 0 aromatic carbocycles. The lowest BCUT2D eigenvalue weighted by Crippen LogP contribution is -2.53. The molecule has 1 fully saturated rings. The summed E-state index contributed by atoms with van der Waals surface area (Å²) in [5.41, 5.74) is 1.93. The van der Waals surface area contributed by atoms with E-state index in [1.165, 1.54) is 5.56 Å². The van der Waals surface area contributed by atoms with Gasteiger partial charge in [-0.25, -0.2) is 4.98 Å². The predicted molar refractivity (Wildman–Crippen MR) is 90.9 cm³/mol. The molecule has 2 heterocycles. The van der Waals surface area contributed by atoms with Crippen LogP contribution in [0, 0.1) is 5.41 Å². The Hall–Kier alpha value is -1.09. The molecule has 3 nitrogen and oxygen atoms in total. The third kappa shape index (κ3) is 4.70. The average molecular weight is 289 g/mol. The molecule has 0 aliphatic carbocycles. The van der Waals surface area contributed by atoms with Gasteiger partial charge in [-0.3, -0.25) is 4.90 Å². The van der Waals surface area contributed by atoms with Crippen molar-refractivity contribution in [2.75, 3.05) is 31.1 Å². The lowest BCUT2D eigenvalue weighted by atomic mass is 9.89. The fraction of sp³-hybridized carbons (Fsp3) is 0.722. The second kappa shape index (κ2) is 5.96. The highest BCUT2D eigenvalue weighted by molar-refractivity contribution is 5.40. The Morgan fingerprint density at radius 2 is 1.57 bits per heavy atom. The smallest absolute Gasteiger partial charge is 0.128 e. The van der Waals surface area contributed by atoms with Crippen LogP contribution < -0.4 is 4.90 Å². The zero-order valence-corrected chi connectivity index (χ0v) is 14.6. The molecule has 0 amide bonds. The molecule has 0 N–H and O–H groups in total. The van der Waals surface area contributed by atoms with Crippen LogP contribution in [-0.2, 0) is 6.42 Å². The minimum Gasteiger partial charge on any atom is -0.354 e. The molecule has 0 unspecified atom stereocenters. The summed E-state index contributed by atoms with van der Waals surface area (Å²) in [5.74, 6) is 1.13. The van der Waals surface area contributed by atoms with E-state index in [-0.39, 0.29) is 5.54 Å². The van der Waals surface area contributed by atoms with Gasteiger partial charge in [0.1, 0.15) is 5.82 Å². The number of anilines is 1. The van der Waals surface area contributed by atoms with Gasteiger partial charge in [-0.1, -0.05) is 26.8 Å². The molecule has 118 valence electrons. The number of rotatable bonds is 2. The summed E-state index contributed by atoms with van der Waals surface area (Å²) < 4.78 is 0. The molecule has 1 aromatic rings. The van der Waals surface area contributed by atoms with Crippen LogP contribution in [0.15, 0.2) is 18.3 Å². The van der Waals surface area contributed by atoms with E-state index in [2.05, 4.69) is 74.7 Å². The van der Waals surface area contributed by atoms with Crippen molar-refractivity contribution in [2.45, 2.75) is 53.5 Å². The summed E-state index contributed by atoms with van der Waals surface area (Å²) in [4.78, 5) is 9.64. The van der Waals surface area contributed by atoms with Gasteiger partial charge in [0.25, 0.3) is 0 Å². The third-order valence-electron chi connectivity index (χ3n) is 4.10. The quantitative estimate of drug-likeness (QED) is 0.829. The maximum Gasteiger partial charge on any atom is 0.128 e. The van der Waals surface area contributed by atoms with E-state index < -0.39 is 0 Å². The third-order valence-corrected chi connectivity index (χ3v) is 4.10. The Kier molecular flexibility index (Phi) is 4.62. The normalized spacial score (nSPS) is 18.1. The van der Waals surface area contributed by atoms with Crippen molar-refractivity contribution in [1.82, 2.24) is 9.88 Å². The van der Waals surface area contributed by atoms with Crippen molar-refractivity contribution in [3.05, 3.63) is 23.9 Å². The fourth-order valence-corrected chi connectivity index (χ4v) is 2.93. The van der Waals surface area contributed by atoms with E-state index >= 15 is 0 Å². The van der Waals surface area contributed by atoms with Crippen molar-refractivity contribution in [2.24, 2.45) is 5.41 Å². The SMILES string of the molecule is CC(C)(C)Cc1ccc(N2CCN(C(C)(C)C)CC2)nc1. The Morgan fingerprint density at radius 3 is 2.00 bits per heavy atom. The standard InChI is InChI=1S/C18H31N3/c1-17(2,3)13-15-7-8-16(19-14-15)20-9-11-21(12-10-20)18(4,5)6/h7-8,14H,9-13H2,1-6H3. The molecule has 21 heavy (non-hydrogen) atoms. The topological polar surface area (TPSA) is 19.4 Å². The monoisotopic (exact) mass is 289 g/mol. The van der Waals surface area contributed by atoms with E-state index in [4.69, 9.17) is 0 Å². The largest absolute Gasteiger partial charge is 0.354 e. The van der Waals surface area contributed by atoms with Gasteiger partial charge in [-0.15, -0.1) is 0 Å². The minimum absolute atomic E-state index is 0.274. The van der Waals surface area contributed by atoms with Crippen LogP contribution in [0.25, 0.3) is 0 Å². The van der Waals surface area contributed by atoms with Crippen LogP contribution in [0.2, 0.25) is 0 Å². The van der Waals surface area contributed by atoms with Gasteiger partial charge in [-0.05, 0) is 44.2 Å². The van der Waals surface area contributed by atoms with Crippen LogP contribution in [0.5, 0.6) is 0 Å². The Labute approximate surface area is 130 Å². The highest BCUT2D eigenvalue weighted by atomic mass is 15.3. The van der Waals surface area contributed by atoms with Crippen LogP contribution in [0.4, 0.5) is 5.82 Å². The molecule has 0 atom stereocenters. The van der Waals surface area contributed by atoms with Crippen molar-refractivity contribution in [1.29, 1.82) is 0 Å². The summed E-state index contributed by atoms with van der Waals surface area (Å²) in [5, 5.41) is 0. The Bertz CT molecular complexity index is 443. The fourth-order valence-electron chi connectivity index (χ4n) is 2.93. The summed E-state index contributed by atoms with van der Waals surface area (Å²) >= 11 is 0. The van der Waals surface area contributed by atoms with Crippen molar-refractivity contribution >= 4 is 5.82 Å². The maximum absolute atomic E-state index is 4.68. The van der Waals surface area contributed by atoms with Crippen LogP contribution in [0.3, 0.4) is 0 Å².